The lowest BCUT2D eigenvalue weighted by Gasteiger charge is -2.44. The summed E-state index contributed by atoms with van der Waals surface area (Å²) in [5.74, 6) is 0.821. The van der Waals surface area contributed by atoms with Crippen molar-refractivity contribution in [2.45, 2.75) is 51.7 Å². The molecule has 1 saturated carbocycles. The second kappa shape index (κ2) is 8.85. The van der Waals surface area contributed by atoms with Crippen LogP contribution in [0.5, 0.6) is 0 Å². The van der Waals surface area contributed by atoms with Crippen LogP contribution in [-0.4, -0.2) is 41.0 Å². The number of carbonyl (C=O) groups excluding carboxylic acids is 2. The van der Waals surface area contributed by atoms with Crippen molar-refractivity contribution in [3.05, 3.63) is 47.1 Å². The maximum atomic E-state index is 13.6. The SMILES string of the molecule is CNC(C)C(=O)Nc1ccc2c(n1)CN([C@@H](C)C1CCC1)C(=O)N2c1cccc(Cl)c1. The van der Waals surface area contributed by atoms with E-state index < -0.39 is 0 Å². The number of amides is 3. The number of nitrogens with one attached hydrogen (secondary N) is 2. The number of anilines is 3. The molecule has 2 atom stereocenters. The molecule has 1 aromatic carbocycles. The van der Waals surface area contributed by atoms with E-state index in [0.29, 0.717) is 34.7 Å². The zero-order valence-electron chi connectivity index (χ0n) is 18.1. The monoisotopic (exact) mass is 441 g/mol. The van der Waals surface area contributed by atoms with Gasteiger partial charge in [-0.1, -0.05) is 24.1 Å². The number of rotatable bonds is 6. The lowest BCUT2D eigenvalue weighted by molar-refractivity contribution is -0.117. The van der Waals surface area contributed by atoms with Crippen LogP contribution in [-0.2, 0) is 11.3 Å². The Hall–Kier alpha value is -2.64. The minimum absolute atomic E-state index is 0.0726. The minimum atomic E-state index is -0.336. The van der Waals surface area contributed by atoms with E-state index in [1.165, 1.54) is 6.42 Å². The zero-order chi connectivity index (χ0) is 22.1. The van der Waals surface area contributed by atoms with Gasteiger partial charge in [-0.2, -0.15) is 0 Å². The van der Waals surface area contributed by atoms with Gasteiger partial charge in [0.15, 0.2) is 0 Å². The van der Waals surface area contributed by atoms with Gasteiger partial charge in [0.2, 0.25) is 5.91 Å². The molecule has 0 bridgehead atoms. The number of likely N-dealkylation sites (N-methyl/N-ethyl adjacent to an activating group) is 1. The highest BCUT2D eigenvalue weighted by Gasteiger charge is 2.39. The van der Waals surface area contributed by atoms with Gasteiger partial charge in [0.05, 0.1) is 29.7 Å². The van der Waals surface area contributed by atoms with Crippen molar-refractivity contribution in [1.82, 2.24) is 15.2 Å². The number of hydrogen-bond acceptors (Lipinski definition) is 4. The molecule has 2 N–H and O–H groups in total. The summed E-state index contributed by atoms with van der Waals surface area (Å²) >= 11 is 6.23. The minimum Gasteiger partial charge on any atom is -0.315 e. The molecule has 0 spiro atoms. The van der Waals surface area contributed by atoms with E-state index in [1.54, 1.807) is 37.1 Å². The van der Waals surface area contributed by atoms with E-state index in [0.717, 1.165) is 18.5 Å². The van der Waals surface area contributed by atoms with Gasteiger partial charge in [-0.05, 0) is 70.0 Å². The molecule has 1 aromatic heterocycles. The predicted octanol–water partition coefficient (Wildman–Crippen LogP) is 4.54. The molecule has 2 aromatic rings. The first-order valence-electron chi connectivity index (χ1n) is 10.7. The molecular formula is C23H28ClN5O2. The first kappa shape index (κ1) is 21.6. The Bertz CT molecular complexity index is 994. The summed E-state index contributed by atoms with van der Waals surface area (Å²) in [7, 11) is 1.73. The maximum absolute atomic E-state index is 13.6. The Morgan fingerprint density at radius 2 is 2.00 bits per heavy atom. The highest BCUT2D eigenvalue weighted by Crippen LogP contribution is 2.39. The van der Waals surface area contributed by atoms with E-state index in [4.69, 9.17) is 16.6 Å². The molecular weight excluding hydrogens is 414 g/mol. The fraction of sp³-hybridized carbons (Fsp3) is 0.435. The van der Waals surface area contributed by atoms with E-state index in [2.05, 4.69) is 17.6 Å². The largest absolute Gasteiger partial charge is 0.329 e. The fourth-order valence-electron chi connectivity index (χ4n) is 4.07. The summed E-state index contributed by atoms with van der Waals surface area (Å²) in [5, 5.41) is 6.34. The molecule has 1 aliphatic carbocycles. The molecule has 1 unspecified atom stereocenters. The number of nitrogens with zero attached hydrogens (tertiary/aromatic N) is 3. The van der Waals surface area contributed by atoms with Crippen LogP contribution < -0.4 is 15.5 Å². The molecule has 4 rings (SSSR count). The fourth-order valence-corrected chi connectivity index (χ4v) is 4.25. The van der Waals surface area contributed by atoms with Crippen molar-refractivity contribution < 1.29 is 9.59 Å². The van der Waals surface area contributed by atoms with Crippen LogP contribution in [0.25, 0.3) is 0 Å². The van der Waals surface area contributed by atoms with Crippen molar-refractivity contribution in [3.63, 3.8) is 0 Å². The van der Waals surface area contributed by atoms with Gasteiger partial charge in [-0.25, -0.2) is 9.78 Å². The summed E-state index contributed by atoms with van der Waals surface area (Å²) in [6.45, 7) is 4.31. The number of carbonyl (C=O) groups is 2. The molecule has 7 nitrogen and oxygen atoms in total. The molecule has 1 aliphatic heterocycles. The van der Waals surface area contributed by atoms with Crippen molar-refractivity contribution in [1.29, 1.82) is 0 Å². The third kappa shape index (κ3) is 4.25. The van der Waals surface area contributed by atoms with Gasteiger partial charge in [0.1, 0.15) is 5.82 Å². The van der Waals surface area contributed by atoms with Crippen LogP contribution >= 0.6 is 11.6 Å². The number of halogens is 1. The van der Waals surface area contributed by atoms with Crippen LogP contribution in [0.1, 0.15) is 38.8 Å². The third-order valence-electron chi connectivity index (χ3n) is 6.42. The summed E-state index contributed by atoms with van der Waals surface area (Å²) in [5.41, 5.74) is 2.16. The van der Waals surface area contributed by atoms with Crippen LogP contribution in [0, 0.1) is 5.92 Å². The Morgan fingerprint density at radius 3 is 2.65 bits per heavy atom. The lowest BCUT2D eigenvalue weighted by Crippen LogP contribution is -2.52. The average Bonchev–Trinajstić information content (AvgIpc) is 2.71. The second-order valence-electron chi connectivity index (χ2n) is 8.32. The number of urea groups is 1. The molecule has 0 saturated heterocycles. The first-order chi connectivity index (χ1) is 14.9. The van der Waals surface area contributed by atoms with E-state index >= 15 is 0 Å². The molecule has 3 amide bonds. The van der Waals surface area contributed by atoms with E-state index in [1.807, 2.05) is 23.1 Å². The van der Waals surface area contributed by atoms with Gasteiger partial charge in [0, 0.05) is 11.1 Å². The van der Waals surface area contributed by atoms with Gasteiger partial charge >= 0.3 is 6.03 Å². The Morgan fingerprint density at radius 1 is 1.23 bits per heavy atom. The number of benzene rings is 1. The predicted molar refractivity (Wildman–Crippen MR) is 123 cm³/mol. The van der Waals surface area contributed by atoms with Crippen molar-refractivity contribution in [2.24, 2.45) is 5.92 Å². The van der Waals surface area contributed by atoms with Gasteiger partial charge in [0.25, 0.3) is 0 Å². The highest BCUT2D eigenvalue weighted by molar-refractivity contribution is 6.31. The van der Waals surface area contributed by atoms with Gasteiger partial charge < -0.3 is 15.5 Å². The van der Waals surface area contributed by atoms with Crippen molar-refractivity contribution >= 4 is 40.7 Å². The van der Waals surface area contributed by atoms with E-state index in [-0.39, 0.29) is 24.0 Å². The zero-order valence-corrected chi connectivity index (χ0v) is 18.8. The normalized spacial score (nSPS) is 18.3. The average molecular weight is 442 g/mol. The van der Waals surface area contributed by atoms with Crippen molar-refractivity contribution in [2.75, 3.05) is 17.3 Å². The summed E-state index contributed by atoms with van der Waals surface area (Å²) in [4.78, 5) is 34.1. The first-order valence-corrected chi connectivity index (χ1v) is 11.1. The number of fused-ring (bicyclic) bond motifs is 1. The smallest absolute Gasteiger partial charge is 0.315 e. The summed E-state index contributed by atoms with van der Waals surface area (Å²) in [6, 6.07) is 10.5. The Labute approximate surface area is 187 Å². The highest BCUT2D eigenvalue weighted by atomic mass is 35.5. The van der Waals surface area contributed by atoms with E-state index in [9.17, 15) is 9.59 Å². The molecule has 31 heavy (non-hydrogen) atoms. The topological polar surface area (TPSA) is 77.6 Å². The second-order valence-corrected chi connectivity index (χ2v) is 8.76. The lowest BCUT2D eigenvalue weighted by atomic mass is 9.79. The molecule has 8 heteroatoms. The van der Waals surface area contributed by atoms with Gasteiger partial charge in [-0.15, -0.1) is 0 Å². The number of pyridine rings is 1. The molecule has 2 heterocycles. The summed E-state index contributed by atoms with van der Waals surface area (Å²) in [6.07, 6.45) is 3.49. The van der Waals surface area contributed by atoms with Crippen LogP contribution in [0.15, 0.2) is 36.4 Å². The molecule has 164 valence electrons. The van der Waals surface area contributed by atoms with Gasteiger partial charge in [-0.3, -0.25) is 9.69 Å². The number of hydrogen-bond donors (Lipinski definition) is 2. The maximum Gasteiger partial charge on any atom is 0.329 e. The van der Waals surface area contributed by atoms with Crippen LogP contribution in [0.3, 0.4) is 0 Å². The van der Waals surface area contributed by atoms with Crippen LogP contribution in [0.2, 0.25) is 5.02 Å². The Balaban J connectivity index is 1.72. The quantitative estimate of drug-likeness (QED) is 0.689. The standard InChI is InChI=1S/C23H28ClN5O2/c1-14(25-3)22(30)27-21-11-10-20-19(26-21)13-28(15(2)16-6-4-7-16)23(31)29(20)18-9-5-8-17(24)12-18/h5,8-12,14-16,25H,4,6-7,13H2,1-3H3,(H,26,27,30)/t14?,15-/m0/s1. The summed E-state index contributed by atoms with van der Waals surface area (Å²) < 4.78 is 0. The molecule has 1 fully saturated rings. The van der Waals surface area contributed by atoms with Crippen molar-refractivity contribution in [3.8, 4) is 0 Å². The Kier molecular flexibility index (Phi) is 6.16. The third-order valence-corrected chi connectivity index (χ3v) is 6.65. The van der Waals surface area contributed by atoms with Crippen LogP contribution in [0.4, 0.5) is 22.0 Å². The molecule has 2 aliphatic rings. The number of aromatic nitrogens is 1. The molecule has 0 radical (unpaired) electrons.